The molecular formula is C13H25N3O2. The average Bonchev–Trinajstić information content (AvgIpc) is 2.29. The molecule has 0 saturated heterocycles. The zero-order chi connectivity index (χ0) is 13.7. The molecule has 0 aromatic carbocycles. The molecule has 18 heavy (non-hydrogen) atoms. The molecule has 1 aliphatic rings. The number of primary amides is 1. The number of carbonyl (C=O) groups is 2. The van der Waals surface area contributed by atoms with E-state index in [2.05, 4.69) is 5.32 Å². The quantitative estimate of drug-likeness (QED) is 0.662. The minimum Gasteiger partial charge on any atom is -0.369 e. The van der Waals surface area contributed by atoms with E-state index in [1.54, 1.807) is 0 Å². The molecule has 5 N–H and O–H groups in total. The zero-order valence-electron chi connectivity index (χ0n) is 11.3. The Kier molecular flexibility index (Phi) is 5.59. The van der Waals surface area contributed by atoms with Crippen LogP contribution in [0.15, 0.2) is 0 Å². The lowest BCUT2D eigenvalue weighted by atomic mass is 9.85. The van der Waals surface area contributed by atoms with Crippen LogP contribution in [0.4, 0.5) is 0 Å². The Morgan fingerprint density at radius 1 is 1.22 bits per heavy atom. The third-order valence-electron chi connectivity index (χ3n) is 3.87. The number of rotatable bonds is 5. The lowest BCUT2D eigenvalue weighted by Crippen LogP contribution is -2.45. The SMILES string of the molecule is CC(C)C(CN)C(=O)NC1CCC(C(N)=O)CC1. The Morgan fingerprint density at radius 2 is 1.78 bits per heavy atom. The first-order valence-electron chi connectivity index (χ1n) is 6.75. The topological polar surface area (TPSA) is 98.2 Å². The van der Waals surface area contributed by atoms with Gasteiger partial charge in [0.25, 0.3) is 0 Å². The minimum absolute atomic E-state index is 0.0199. The molecule has 0 heterocycles. The van der Waals surface area contributed by atoms with Gasteiger partial charge in [-0.3, -0.25) is 9.59 Å². The molecular weight excluding hydrogens is 230 g/mol. The summed E-state index contributed by atoms with van der Waals surface area (Å²) in [5.41, 5.74) is 10.9. The van der Waals surface area contributed by atoms with E-state index >= 15 is 0 Å². The van der Waals surface area contributed by atoms with Gasteiger partial charge in [-0.25, -0.2) is 0 Å². The summed E-state index contributed by atoms with van der Waals surface area (Å²) in [5.74, 6) is -0.0822. The number of hydrogen-bond donors (Lipinski definition) is 3. The minimum atomic E-state index is -0.221. The van der Waals surface area contributed by atoms with Crippen LogP contribution in [0.5, 0.6) is 0 Å². The van der Waals surface area contributed by atoms with Crippen molar-refractivity contribution in [3.05, 3.63) is 0 Å². The summed E-state index contributed by atoms with van der Waals surface area (Å²) in [6.07, 6.45) is 3.20. The Hall–Kier alpha value is -1.10. The number of nitrogens with two attached hydrogens (primary N) is 2. The van der Waals surface area contributed by atoms with E-state index in [1.165, 1.54) is 0 Å². The molecule has 0 bridgehead atoms. The van der Waals surface area contributed by atoms with Crippen molar-refractivity contribution in [3.8, 4) is 0 Å². The predicted molar refractivity (Wildman–Crippen MR) is 70.5 cm³/mol. The number of amides is 2. The standard InChI is InChI=1S/C13H25N3O2/c1-8(2)11(7-14)13(18)16-10-5-3-9(4-6-10)12(15)17/h8-11H,3-7,14H2,1-2H3,(H2,15,17)(H,16,18). The molecule has 0 radical (unpaired) electrons. The van der Waals surface area contributed by atoms with Crippen LogP contribution in [-0.2, 0) is 9.59 Å². The Bertz CT molecular complexity index is 297. The van der Waals surface area contributed by atoms with Crippen molar-refractivity contribution < 1.29 is 9.59 Å². The smallest absolute Gasteiger partial charge is 0.224 e. The molecule has 2 amide bonds. The van der Waals surface area contributed by atoms with Crippen LogP contribution in [-0.4, -0.2) is 24.4 Å². The first kappa shape index (κ1) is 15.0. The summed E-state index contributed by atoms with van der Waals surface area (Å²) in [5, 5.41) is 3.04. The zero-order valence-corrected chi connectivity index (χ0v) is 11.3. The molecule has 1 saturated carbocycles. The Labute approximate surface area is 109 Å². The maximum absolute atomic E-state index is 12.0. The van der Waals surface area contributed by atoms with Gasteiger partial charge in [0.2, 0.25) is 11.8 Å². The van der Waals surface area contributed by atoms with E-state index in [0.29, 0.717) is 6.54 Å². The molecule has 5 heteroatoms. The van der Waals surface area contributed by atoms with E-state index in [0.717, 1.165) is 25.7 Å². The number of hydrogen-bond acceptors (Lipinski definition) is 3. The first-order chi connectivity index (χ1) is 8.45. The van der Waals surface area contributed by atoms with Crippen molar-refractivity contribution in [1.29, 1.82) is 0 Å². The molecule has 5 nitrogen and oxygen atoms in total. The highest BCUT2D eigenvalue weighted by atomic mass is 16.2. The highest BCUT2D eigenvalue weighted by Crippen LogP contribution is 2.24. The van der Waals surface area contributed by atoms with Crippen LogP contribution in [0.2, 0.25) is 0 Å². The van der Waals surface area contributed by atoms with Crippen molar-refractivity contribution in [3.63, 3.8) is 0 Å². The molecule has 0 aliphatic heterocycles. The summed E-state index contributed by atoms with van der Waals surface area (Å²) in [6.45, 7) is 4.38. The second-order valence-electron chi connectivity index (χ2n) is 5.55. The van der Waals surface area contributed by atoms with Crippen molar-refractivity contribution in [1.82, 2.24) is 5.32 Å². The van der Waals surface area contributed by atoms with Gasteiger partial charge in [0, 0.05) is 18.5 Å². The third kappa shape index (κ3) is 3.98. The molecule has 1 fully saturated rings. The van der Waals surface area contributed by atoms with Crippen LogP contribution in [0.25, 0.3) is 0 Å². The maximum atomic E-state index is 12.0. The molecule has 1 unspecified atom stereocenters. The van der Waals surface area contributed by atoms with Gasteiger partial charge in [-0.1, -0.05) is 13.8 Å². The summed E-state index contributed by atoms with van der Waals surface area (Å²) in [7, 11) is 0. The lowest BCUT2D eigenvalue weighted by Gasteiger charge is -2.29. The van der Waals surface area contributed by atoms with Crippen molar-refractivity contribution in [2.75, 3.05) is 6.54 Å². The lowest BCUT2D eigenvalue weighted by molar-refractivity contribution is -0.127. The largest absolute Gasteiger partial charge is 0.369 e. The highest BCUT2D eigenvalue weighted by molar-refractivity contribution is 5.79. The van der Waals surface area contributed by atoms with Gasteiger partial charge in [-0.15, -0.1) is 0 Å². The molecule has 1 atom stereocenters. The van der Waals surface area contributed by atoms with Crippen LogP contribution < -0.4 is 16.8 Å². The molecule has 0 spiro atoms. The highest BCUT2D eigenvalue weighted by Gasteiger charge is 2.28. The second-order valence-corrected chi connectivity index (χ2v) is 5.55. The van der Waals surface area contributed by atoms with Crippen molar-refractivity contribution in [2.45, 2.75) is 45.6 Å². The van der Waals surface area contributed by atoms with E-state index in [-0.39, 0.29) is 35.6 Å². The van der Waals surface area contributed by atoms with Crippen LogP contribution in [0.1, 0.15) is 39.5 Å². The van der Waals surface area contributed by atoms with E-state index in [1.807, 2.05) is 13.8 Å². The molecule has 104 valence electrons. The molecule has 0 aromatic rings. The fourth-order valence-corrected chi connectivity index (χ4v) is 2.51. The second kappa shape index (κ2) is 6.73. The van der Waals surface area contributed by atoms with Gasteiger partial charge < -0.3 is 16.8 Å². The number of carbonyl (C=O) groups excluding carboxylic acids is 2. The predicted octanol–water partition coefficient (Wildman–Crippen LogP) is 0.378. The van der Waals surface area contributed by atoms with Crippen LogP contribution in [0, 0.1) is 17.8 Å². The monoisotopic (exact) mass is 255 g/mol. The van der Waals surface area contributed by atoms with Gasteiger partial charge in [0.05, 0.1) is 5.92 Å². The summed E-state index contributed by atoms with van der Waals surface area (Å²) in [4.78, 5) is 23.1. The average molecular weight is 255 g/mol. The third-order valence-corrected chi connectivity index (χ3v) is 3.87. The van der Waals surface area contributed by atoms with Gasteiger partial charge in [0.15, 0.2) is 0 Å². The van der Waals surface area contributed by atoms with Crippen LogP contribution >= 0.6 is 0 Å². The fraction of sp³-hybridized carbons (Fsp3) is 0.846. The first-order valence-corrected chi connectivity index (χ1v) is 6.75. The van der Waals surface area contributed by atoms with E-state index < -0.39 is 0 Å². The Balaban J connectivity index is 2.41. The summed E-state index contributed by atoms with van der Waals surface area (Å²) >= 11 is 0. The fourth-order valence-electron chi connectivity index (χ4n) is 2.51. The molecule has 0 aromatic heterocycles. The number of nitrogens with one attached hydrogen (secondary N) is 1. The van der Waals surface area contributed by atoms with Gasteiger partial charge in [0.1, 0.15) is 0 Å². The van der Waals surface area contributed by atoms with Crippen LogP contribution in [0.3, 0.4) is 0 Å². The van der Waals surface area contributed by atoms with Crippen molar-refractivity contribution in [2.24, 2.45) is 29.2 Å². The van der Waals surface area contributed by atoms with E-state index in [9.17, 15) is 9.59 Å². The van der Waals surface area contributed by atoms with Gasteiger partial charge in [-0.05, 0) is 31.6 Å². The molecule has 1 rings (SSSR count). The summed E-state index contributed by atoms with van der Waals surface area (Å²) in [6, 6.07) is 0.167. The molecule has 1 aliphatic carbocycles. The van der Waals surface area contributed by atoms with Gasteiger partial charge >= 0.3 is 0 Å². The normalized spacial score (nSPS) is 25.8. The van der Waals surface area contributed by atoms with Crippen molar-refractivity contribution >= 4 is 11.8 Å². The summed E-state index contributed by atoms with van der Waals surface area (Å²) < 4.78 is 0. The van der Waals surface area contributed by atoms with Gasteiger partial charge in [-0.2, -0.15) is 0 Å². The maximum Gasteiger partial charge on any atom is 0.224 e. The Morgan fingerprint density at radius 3 is 2.17 bits per heavy atom. The van der Waals surface area contributed by atoms with E-state index in [4.69, 9.17) is 11.5 Å².